The molecule has 2 aromatic rings. The van der Waals surface area contributed by atoms with Crippen LogP contribution in [0.1, 0.15) is 23.9 Å². The Kier molecular flexibility index (Phi) is 4.09. The van der Waals surface area contributed by atoms with Crippen LogP contribution >= 0.6 is 11.3 Å². The summed E-state index contributed by atoms with van der Waals surface area (Å²) in [6, 6.07) is 5.37. The normalized spacial score (nSPS) is 12.7. The van der Waals surface area contributed by atoms with Gasteiger partial charge in [-0.3, -0.25) is 0 Å². The number of benzene rings is 1. The van der Waals surface area contributed by atoms with Gasteiger partial charge in [0, 0.05) is 23.4 Å². The van der Waals surface area contributed by atoms with Crippen molar-refractivity contribution in [2.75, 3.05) is 0 Å². The molecular formula is C14H17FN2S. The van der Waals surface area contributed by atoms with Gasteiger partial charge in [-0.1, -0.05) is 19.1 Å². The molecule has 0 aliphatic carbocycles. The Morgan fingerprint density at radius 3 is 2.89 bits per heavy atom. The van der Waals surface area contributed by atoms with Gasteiger partial charge >= 0.3 is 0 Å². The van der Waals surface area contributed by atoms with E-state index >= 15 is 0 Å². The zero-order valence-electron chi connectivity index (χ0n) is 10.6. The number of aromatic nitrogens is 1. The molecule has 0 saturated heterocycles. The topological polar surface area (TPSA) is 38.9 Å². The van der Waals surface area contributed by atoms with E-state index in [-0.39, 0.29) is 11.9 Å². The lowest BCUT2D eigenvalue weighted by molar-refractivity contribution is 0.619. The number of nitrogens with zero attached hydrogens (tertiary/aromatic N) is 1. The second-order valence-electron chi connectivity index (χ2n) is 4.46. The molecule has 0 bridgehead atoms. The molecular weight excluding hydrogens is 247 g/mol. The molecule has 0 aliphatic rings. The van der Waals surface area contributed by atoms with Crippen molar-refractivity contribution in [1.29, 1.82) is 0 Å². The summed E-state index contributed by atoms with van der Waals surface area (Å²) in [6.45, 7) is 3.82. The summed E-state index contributed by atoms with van der Waals surface area (Å²) in [5, 5.41) is 2.97. The van der Waals surface area contributed by atoms with Crippen LogP contribution in [-0.4, -0.2) is 11.0 Å². The van der Waals surface area contributed by atoms with E-state index in [1.165, 1.54) is 6.07 Å². The van der Waals surface area contributed by atoms with Crippen LogP contribution in [0.2, 0.25) is 0 Å². The first kappa shape index (κ1) is 13.2. The minimum Gasteiger partial charge on any atom is -0.327 e. The molecule has 0 spiro atoms. The first-order chi connectivity index (χ1) is 8.60. The number of rotatable bonds is 4. The van der Waals surface area contributed by atoms with Crippen molar-refractivity contribution in [3.8, 4) is 11.3 Å². The van der Waals surface area contributed by atoms with Gasteiger partial charge in [0.05, 0.1) is 10.7 Å². The smallest absolute Gasteiger partial charge is 0.126 e. The number of hydrogen-bond donors (Lipinski definition) is 1. The van der Waals surface area contributed by atoms with Crippen LogP contribution < -0.4 is 5.73 Å². The van der Waals surface area contributed by atoms with Crippen molar-refractivity contribution >= 4 is 11.3 Å². The van der Waals surface area contributed by atoms with Crippen LogP contribution in [-0.2, 0) is 6.42 Å². The molecule has 0 saturated carbocycles. The fraction of sp³-hybridized carbons (Fsp3) is 0.357. The summed E-state index contributed by atoms with van der Waals surface area (Å²) in [5.74, 6) is -0.188. The molecule has 0 radical (unpaired) electrons. The number of thiazole rings is 1. The van der Waals surface area contributed by atoms with E-state index in [2.05, 4.69) is 11.9 Å². The second-order valence-corrected chi connectivity index (χ2v) is 5.41. The van der Waals surface area contributed by atoms with Crippen molar-refractivity contribution in [2.24, 2.45) is 5.73 Å². The maximum Gasteiger partial charge on any atom is 0.126 e. The molecule has 0 aliphatic heterocycles. The van der Waals surface area contributed by atoms with Gasteiger partial charge in [0.2, 0.25) is 0 Å². The fourth-order valence-electron chi connectivity index (χ4n) is 1.66. The van der Waals surface area contributed by atoms with E-state index in [0.29, 0.717) is 5.56 Å². The monoisotopic (exact) mass is 264 g/mol. The minimum absolute atomic E-state index is 0.152. The average molecular weight is 264 g/mol. The summed E-state index contributed by atoms with van der Waals surface area (Å²) >= 11 is 1.58. The molecule has 1 unspecified atom stereocenters. The third kappa shape index (κ3) is 2.94. The largest absolute Gasteiger partial charge is 0.327 e. The Labute approximate surface area is 111 Å². The zero-order chi connectivity index (χ0) is 13.1. The summed E-state index contributed by atoms with van der Waals surface area (Å²) < 4.78 is 13.5. The van der Waals surface area contributed by atoms with Gasteiger partial charge in [-0.2, -0.15) is 0 Å². The SMILES string of the molecule is CCC(N)Cc1nc(-c2ccc(C)c(F)c2)cs1. The van der Waals surface area contributed by atoms with Crippen LogP contribution in [0.5, 0.6) is 0 Å². The molecule has 18 heavy (non-hydrogen) atoms. The highest BCUT2D eigenvalue weighted by Gasteiger charge is 2.09. The number of halogens is 1. The van der Waals surface area contributed by atoms with E-state index in [9.17, 15) is 4.39 Å². The Morgan fingerprint density at radius 1 is 1.44 bits per heavy atom. The third-order valence-electron chi connectivity index (χ3n) is 2.98. The van der Waals surface area contributed by atoms with Gasteiger partial charge in [-0.05, 0) is 25.0 Å². The molecule has 2 rings (SSSR count). The van der Waals surface area contributed by atoms with Crippen LogP contribution in [0.25, 0.3) is 11.3 Å². The number of hydrogen-bond acceptors (Lipinski definition) is 3. The van der Waals surface area contributed by atoms with Crippen molar-refractivity contribution < 1.29 is 4.39 Å². The van der Waals surface area contributed by atoms with E-state index in [4.69, 9.17) is 5.73 Å². The Hall–Kier alpha value is -1.26. The fourth-order valence-corrected chi connectivity index (χ4v) is 2.56. The van der Waals surface area contributed by atoms with Crippen molar-refractivity contribution in [3.05, 3.63) is 40.0 Å². The standard InChI is InChI=1S/C14H17FN2S/c1-3-11(16)7-14-17-13(8-18-14)10-5-4-9(2)12(15)6-10/h4-6,8,11H,3,7,16H2,1-2H3. The highest BCUT2D eigenvalue weighted by atomic mass is 32.1. The zero-order valence-corrected chi connectivity index (χ0v) is 11.4. The molecule has 2 nitrogen and oxygen atoms in total. The number of nitrogens with two attached hydrogens (primary N) is 1. The van der Waals surface area contributed by atoms with Gasteiger partial charge in [-0.15, -0.1) is 11.3 Å². The van der Waals surface area contributed by atoms with Crippen molar-refractivity contribution in [2.45, 2.75) is 32.7 Å². The van der Waals surface area contributed by atoms with Crippen LogP contribution in [0.4, 0.5) is 4.39 Å². The quantitative estimate of drug-likeness (QED) is 0.917. The molecule has 96 valence electrons. The summed E-state index contributed by atoms with van der Waals surface area (Å²) in [7, 11) is 0. The lowest BCUT2D eigenvalue weighted by Gasteiger charge is -2.04. The van der Waals surface area contributed by atoms with Gasteiger partial charge in [0.25, 0.3) is 0 Å². The summed E-state index contributed by atoms with van der Waals surface area (Å²) in [6.07, 6.45) is 1.73. The predicted octanol–water partition coefficient (Wildman–Crippen LogP) is 3.54. The molecule has 0 amide bonds. The lowest BCUT2D eigenvalue weighted by atomic mass is 10.1. The molecule has 4 heteroatoms. The lowest BCUT2D eigenvalue weighted by Crippen LogP contribution is -2.21. The van der Waals surface area contributed by atoms with Gasteiger partial charge in [0.15, 0.2) is 0 Å². The van der Waals surface area contributed by atoms with Crippen molar-refractivity contribution in [1.82, 2.24) is 4.98 Å². The van der Waals surface area contributed by atoms with Gasteiger partial charge < -0.3 is 5.73 Å². The van der Waals surface area contributed by atoms with E-state index < -0.39 is 0 Å². The van der Waals surface area contributed by atoms with Crippen LogP contribution in [0.15, 0.2) is 23.6 Å². The van der Waals surface area contributed by atoms with Gasteiger partial charge in [0.1, 0.15) is 5.82 Å². The van der Waals surface area contributed by atoms with Crippen molar-refractivity contribution in [3.63, 3.8) is 0 Å². The van der Waals surface area contributed by atoms with Crippen LogP contribution in [0.3, 0.4) is 0 Å². The molecule has 0 fully saturated rings. The highest BCUT2D eigenvalue weighted by molar-refractivity contribution is 7.09. The molecule has 1 atom stereocenters. The summed E-state index contributed by atoms with van der Waals surface area (Å²) in [5.41, 5.74) is 8.21. The van der Waals surface area contributed by atoms with Crippen LogP contribution in [0, 0.1) is 12.7 Å². The Bertz CT molecular complexity index is 536. The first-order valence-corrected chi connectivity index (χ1v) is 6.94. The maximum atomic E-state index is 13.5. The van der Waals surface area contributed by atoms with E-state index in [0.717, 1.165) is 29.1 Å². The molecule has 2 N–H and O–H groups in total. The predicted molar refractivity (Wildman–Crippen MR) is 74.2 cm³/mol. The van der Waals surface area contributed by atoms with E-state index in [1.807, 2.05) is 11.4 Å². The Balaban J connectivity index is 2.21. The first-order valence-electron chi connectivity index (χ1n) is 6.06. The molecule has 1 aromatic heterocycles. The second kappa shape index (κ2) is 5.59. The minimum atomic E-state index is -0.188. The highest BCUT2D eigenvalue weighted by Crippen LogP contribution is 2.24. The third-order valence-corrected chi connectivity index (χ3v) is 3.85. The van der Waals surface area contributed by atoms with Gasteiger partial charge in [-0.25, -0.2) is 9.37 Å². The number of aryl methyl sites for hydroxylation is 1. The summed E-state index contributed by atoms with van der Waals surface area (Å²) in [4.78, 5) is 4.51. The maximum absolute atomic E-state index is 13.5. The van der Waals surface area contributed by atoms with E-state index in [1.54, 1.807) is 24.3 Å². The molecule has 1 aromatic carbocycles. The Morgan fingerprint density at radius 2 is 2.22 bits per heavy atom. The molecule has 1 heterocycles. The average Bonchev–Trinajstić information content (AvgIpc) is 2.81.